The molecule has 6 nitrogen and oxygen atoms in total. The number of carbonyl (C=O) groups is 2. The monoisotopic (exact) mass is 308 g/mol. The Balaban J connectivity index is 2.12. The summed E-state index contributed by atoms with van der Waals surface area (Å²) in [6, 6.07) is 5.28. The molecule has 2 aromatic rings. The third kappa shape index (κ3) is 3.82. The van der Waals surface area contributed by atoms with Crippen LogP contribution < -0.4 is 0 Å². The second kappa shape index (κ2) is 6.41. The number of esters is 1. The number of halogens is 1. The molecule has 0 radical (unpaired) electrons. The topological polar surface area (TPSA) is 81.4 Å². The maximum atomic E-state index is 11.2. The van der Waals surface area contributed by atoms with Gasteiger partial charge in [0.05, 0.1) is 31.8 Å². The molecule has 1 aromatic heterocycles. The minimum atomic E-state index is -1.02. The Morgan fingerprint density at radius 3 is 2.76 bits per heavy atom. The van der Waals surface area contributed by atoms with Crippen molar-refractivity contribution in [3.63, 3.8) is 0 Å². The maximum absolute atomic E-state index is 11.2. The Labute approximate surface area is 125 Å². The zero-order chi connectivity index (χ0) is 15.4. The van der Waals surface area contributed by atoms with Crippen molar-refractivity contribution in [3.05, 3.63) is 52.3 Å². The van der Waals surface area contributed by atoms with Gasteiger partial charge in [-0.25, -0.2) is 4.79 Å². The highest BCUT2D eigenvalue weighted by Gasteiger charge is 2.09. The van der Waals surface area contributed by atoms with Gasteiger partial charge in [-0.15, -0.1) is 0 Å². The third-order valence-corrected chi connectivity index (χ3v) is 3.26. The Morgan fingerprint density at radius 2 is 2.19 bits per heavy atom. The van der Waals surface area contributed by atoms with Gasteiger partial charge in [-0.1, -0.05) is 23.7 Å². The van der Waals surface area contributed by atoms with E-state index in [1.807, 2.05) is 6.07 Å². The van der Waals surface area contributed by atoms with E-state index < -0.39 is 5.97 Å². The molecule has 1 heterocycles. The highest BCUT2D eigenvalue weighted by Crippen LogP contribution is 2.19. The van der Waals surface area contributed by atoms with Crippen LogP contribution in [0.4, 0.5) is 0 Å². The number of aromatic carboxylic acids is 1. The summed E-state index contributed by atoms with van der Waals surface area (Å²) in [6.07, 6.45) is 2.84. The lowest BCUT2D eigenvalue weighted by atomic mass is 10.1. The average molecular weight is 309 g/mol. The molecule has 1 N–H and O–H groups in total. The number of hydrogen-bond acceptors (Lipinski definition) is 4. The van der Waals surface area contributed by atoms with E-state index in [1.54, 1.807) is 12.1 Å². The fourth-order valence-electron chi connectivity index (χ4n) is 1.81. The number of ether oxygens (including phenoxy) is 1. The first-order chi connectivity index (χ1) is 9.99. The van der Waals surface area contributed by atoms with Gasteiger partial charge in [0.1, 0.15) is 0 Å². The Morgan fingerprint density at radius 1 is 1.43 bits per heavy atom. The summed E-state index contributed by atoms with van der Waals surface area (Å²) >= 11 is 6.12. The predicted molar refractivity (Wildman–Crippen MR) is 75.5 cm³/mol. The number of benzene rings is 1. The largest absolute Gasteiger partial charge is 0.478 e. The summed E-state index contributed by atoms with van der Waals surface area (Å²) in [6.45, 7) is 0.394. The van der Waals surface area contributed by atoms with E-state index in [0.29, 0.717) is 17.1 Å². The molecule has 0 amide bonds. The van der Waals surface area contributed by atoms with Crippen LogP contribution in [-0.4, -0.2) is 33.9 Å². The highest BCUT2D eigenvalue weighted by molar-refractivity contribution is 6.31. The second-order valence-electron chi connectivity index (χ2n) is 4.41. The van der Waals surface area contributed by atoms with E-state index in [1.165, 1.54) is 24.2 Å². The number of carbonyl (C=O) groups excluding carboxylic acids is 1. The van der Waals surface area contributed by atoms with Gasteiger partial charge in [-0.2, -0.15) is 5.10 Å². The summed E-state index contributed by atoms with van der Waals surface area (Å²) < 4.78 is 6.10. The van der Waals surface area contributed by atoms with Gasteiger partial charge in [0, 0.05) is 11.2 Å². The number of carboxylic acids is 1. The number of methoxy groups -OCH3 is 1. The molecule has 0 aliphatic heterocycles. The Bertz CT molecular complexity index is 681. The molecule has 0 fully saturated rings. The van der Waals surface area contributed by atoms with E-state index in [2.05, 4.69) is 9.84 Å². The number of nitrogens with zero attached hydrogens (tertiary/aromatic N) is 2. The molecule has 0 spiro atoms. The van der Waals surface area contributed by atoms with Crippen molar-refractivity contribution in [2.75, 3.05) is 7.11 Å². The summed E-state index contributed by atoms with van der Waals surface area (Å²) in [5, 5.41) is 13.3. The smallest absolute Gasteiger partial charge is 0.338 e. The summed E-state index contributed by atoms with van der Waals surface area (Å²) in [5.74, 6) is -1.38. The lowest BCUT2D eigenvalue weighted by molar-refractivity contribution is -0.139. The lowest BCUT2D eigenvalue weighted by Crippen LogP contribution is -2.06. The lowest BCUT2D eigenvalue weighted by Gasteiger charge is -2.07. The maximum Gasteiger partial charge on any atom is 0.338 e. The normalized spacial score (nSPS) is 10.4. The zero-order valence-electron chi connectivity index (χ0n) is 11.2. The fourth-order valence-corrected chi connectivity index (χ4v) is 2.08. The molecule has 0 unspecified atom stereocenters. The molecule has 2 rings (SSSR count). The van der Waals surface area contributed by atoms with Crippen molar-refractivity contribution in [3.8, 4) is 0 Å². The van der Waals surface area contributed by atoms with Gasteiger partial charge in [0.25, 0.3) is 0 Å². The molecule has 0 saturated carbocycles. The second-order valence-corrected chi connectivity index (χ2v) is 4.82. The summed E-state index contributed by atoms with van der Waals surface area (Å²) in [5.41, 5.74) is 1.66. The molecule has 0 bridgehead atoms. The van der Waals surface area contributed by atoms with Gasteiger partial charge in [-0.3, -0.25) is 9.48 Å². The van der Waals surface area contributed by atoms with E-state index in [-0.39, 0.29) is 18.0 Å². The predicted octanol–water partition coefficient (Wildman–Crippen LogP) is 2.00. The van der Waals surface area contributed by atoms with Crippen LogP contribution >= 0.6 is 11.6 Å². The van der Waals surface area contributed by atoms with Crippen LogP contribution in [0.2, 0.25) is 5.02 Å². The van der Waals surface area contributed by atoms with Crippen LogP contribution in [0.1, 0.15) is 21.5 Å². The van der Waals surface area contributed by atoms with Crippen LogP contribution in [0.15, 0.2) is 30.6 Å². The van der Waals surface area contributed by atoms with Gasteiger partial charge in [0.15, 0.2) is 0 Å². The first-order valence-corrected chi connectivity index (χ1v) is 6.47. The molecule has 0 saturated heterocycles. The van der Waals surface area contributed by atoms with Crippen molar-refractivity contribution in [1.29, 1.82) is 0 Å². The average Bonchev–Trinajstić information content (AvgIpc) is 2.90. The SMILES string of the molecule is COC(=O)Cc1ccc(Cn2cc(C(=O)O)cn2)cc1Cl. The standard InChI is InChI=1S/C14H13ClN2O4/c1-21-13(18)5-10-3-2-9(4-12(10)15)7-17-8-11(6-16-17)14(19)20/h2-4,6,8H,5,7H2,1H3,(H,19,20). The molecular formula is C14H13ClN2O4. The summed E-state index contributed by atoms with van der Waals surface area (Å²) in [4.78, 5) is 22.0. The molecule has 110 valence electrons. The van der Waals surface area contributed by atoms with E-state index >= 15 is 0 Å². The van der Waals surface area contributed by atoms with E-state index in [0.717, 1.165) is 5.56 Å². The number of rotatable bonds is 5. The molecule has 21 heavy (non-hydrogen) atoms. The van der Waals surface area contributed by atoms with Crippen LogP contribution in [0, 0.1) is 0 Å². The molecule has 0 atom stereocenters. The quantitative estimate of drug-likeness (QED) is 0.854. The van der Waals surface area contributed by atoms with Crippen molar-refractivity contribution >= 4 is 23.5 Å². The van der Waals surface area contributed by atoms with Crippen LogP contribution in [0.3, 0.4) is 0 Å². The first kappa shape index (κ1) is 15.1. The van der Waals surface area contributed by atoms with E-state index in [9.17, 15) is 9.59 Å². The summed E-state index contributed by atoms with van der Waals surface area (Å²) in [7, 11) is 1.32. The molecule has 1 aromatic carbocycles. The molecule has 7 heteroatoms. The van der Waals surface area contributed by atoms with Crippen LogP contribution in [0.25, 0.3) is 0 Å². The van der Waals surface area contributed by atoms with Gasteiger partial charge in [0.2, 0.25) is 0 Å². The van der Waals surface area contributed by atoms with Crippen molar-refractivity contribution in [2.45, 2.75) is 13.0 Å². The third-order valence-electron chi connectivity index (χ3n) is 2.90. The van der Waals surface area contributed by atoms with Gasteiger partial charge >= 0.3 is 11.9 Å². The number of aromatic nitrogens is 2. The highest BCUT2D eigenvalue weighted by atomic mass is 35.5. The van der Waals surface area contributed by atoms with Crippen LogP contribution in [0.5, 0.6) is 0 Å². The van der Waals surface area contributed by atoms with Gasteiger partial charge < -0.3 is 9.84 Å². The van der Waals surface area contributed by atoms with Crippen molar-refractivity contribution < 1.29 is 19.4 Å². The molecule has 0 aliphatic carbocycles. The first-order valence-electron chi connectivity index (χ1n) is 6.09. The Kier molecular flexibility index (Phi) is 4.59. The molecule has 0 aliphatic rings. The Hall–Kier alpha value is -2.34. The fraction of sp³-hybridized carbons (Fsp3) is 0.214. The minimum Gasteiger partial charge on any atom is -0.478 e. The van der Waals surface area contributed by atoms with Crippen molar-refractivity contribution in [2.24, 2.45) is 0 Å². The van der Waals surface area contributed by atoms with Gasteiger partial charge in [-0.05, 0) is 17.2 Å². The zero-order valence-corrected chi connectivity index (χ0v) is 12.0. The minimum absolute atomic E-state index is 0.112. The molecular weight excluding hydrogens is 296 g/mol. The number of hydrogen-bond donors (Lipinski definition) is 1. The van der Waals surface area contributed by atoms with Crippen LogP contribution in [-0.2, 0) is 22.5 Å². The van der Waals surface area contributed by atoms with E-state index in [4.69, 9.17) is 16.7 Å². The number of carboxylic acid groups (broad SMARTS) is 1. The van der Waals surface area contributed by atoms with Crippen molar-refractivity contribution in [1.82, 2.24) is 9.78 Å².